The van der Waals surface area contributed by atoms with Crippen molar-refractivity contribution in [1.29, 1.82) is 0 Å². The first-order valence-corrected chi connectivity index (χ1v) is 13.0. The van der Waals surface area contributed by atoms with E-state index in [1.807, 2.05) is 0 Å². The van der Waals surface area contributed by atoms with Gasteiger partial charge in [-0.25, -0.2) is 9.78 Å². The van der Waals surface area contributed by atoms with Crippen LogP contribution in [0.25, 0.3) is 16.7 Å². The first-order valence-electron chi connectivity index (χ1n) is 13.0. The highest BCUT2D eigenvalue weighted by atomic mass is 16.5. The Morgan fingerprint density at radius 2 is 1.81 bits per heavy atom. The highest BCUT2D eigenvalue weighted by molar-refractivity contribution is 5.83. The van der Waals surface area contributed by atoms with E-state index in [1.54, 1.807) is 0 Å². The van der Waals surface area contributed by atoms with Crippen LogP contribution in [0.1, 0.15) is 60.2 Å². The Bertz CT molecular complexity index is 1680. The van der Waals surface area contributed by atoms with Crippen molar-refractivity contribution in [2.75, 3.05) is 4.90 Å². The number of imidazole rings is 1. The molecule has 0 aliphatic carbocycles. The number of H-pyrrole nitrogens is 1. The fraction of sp³-hybridized carbons (Fsp3) is 0.300. The molecule has 5 aromatic rings. The van der Waals surface area contributed by atoms with Crippen LogP contribution in [0.2, 0.25) is 0 Å². The van der Waals surface area contributed by atoms with Crippen molar-refractivity contribution < 1.29 is 4.52 Å². The van der Waals surface area contributed by atoms with Crippen molar-refractivity contribution in [3.8, 4) is 5.69 Å². The molecule has 0 saturated carbocycles. The van der Waals surface area contributed by atoms with Gasteiger partial charge in [0.05, 0.1) is 22.8 Å². The molecule has 0 saturated heterocycles. The summed E-state index contributed by atoms with van der Waals surface area (Å²) in [4.78, 5) is 21.9. The predicted octanol–water partition coefficient (Wildman–Crippen LogP) is 6.27. The summed E-state index contributed by atoms with van der Waals surface area (Å²) in [5, 5.41) is 4.03. The van der Waals surface area contributed by atoms with Gasteiger partial charge in [0.15, 0.2) is 5.82 Å². The van der Waals surface area contributed by atoms with Crippen LogP contribution in [0.15, 0.2) is 63.9 Å². The summed E-state index contributed by atoms with van der Waals surface area (Å²) in [6, 6.07) is 19.1. The minimum absolute atomic E-state index is 0.220. The Morgan fingerprint density at radius 3 is 2.59 bits per heavy atom. The second-order valence-electron chi connectivity index (χ2n) is 9.92. The van der Waals surface area contributed by atoms with E-state index >= 15 is 0 Å². The summed E-state index contributed by atoms with van der Waals surface area (Å²) in [6.07, 6.45) is 3.79. The molecule has 1 aliphatic heterocycles. The molecule has 0 radical (unpaired) electrons. The van der Waals surface area contributed by atoms with Gasteiger partial charge in [0.2, 0.25) is 0 Å². The molecule has 188 valence electrons. The topological polar surface area (TPSA) is 79.9 Å². The van der Waals surface area contributed by atoms with Crippen molar-refractivity contribution in [2.45, 2.75) is 59.4 Å². The van der Waals surface area contributed by atoms with Crippen LogP contribution in [-0.2, 0) is 19.3 Å². The molecule has 2 aromatic heterocycles. The molecule has 0 amide bonds. The van der Waals surface area contributed by atoms with Gasteiger partial charge in [-0.05, 0) is 86.6 Å². The Balaban J connectivity index is 1.57. The first-order chi connectivity index (χ1) is 18.0. The number of nitrogens with zero attached hydrogens (tertiary/aromatic N) is 4. The van der Waals surface area contributed by atoms with Gasteiger partial charge in [-0.2, -0.15) is 0 Å². The summed E-state index contributed by atoms with van der Waals surface area (Å²) < 4.78 is 7.21. The van der Waals surface area contributed by atoms with Gasteiger partial charge < -0.3 is 4.90 Å². The number of aryl methyl sites for hydroxylation is 3. The molecule has 0 bridgehead atoms. The third-order valence-electron chi connectivity index (χ3n) is 7.61. The molecular formula is C30H31N5O2. The lowest BCUT2D eigenvalue weighted by Crippen LogP contribution is -2.24. The maximum atomic E-state index is 11.8. The Kier molecular flexibility index (Phi) is 5.71. The van der Waals surface area contributed by atoms with Crippen LogP contribution < -0.4 is 10.7 Å². The van der Waals surface area contributed by atoms with Crippen molar-refractivity contribution >= 4 is 22.4 Å². The summed E-state index contributed by atoms with van der Waals surface area (Å²) >= 11 is 0. The van der Waals surface area contributed by atoms with Gasteiger partial charge in [-0.1, -0.05) is 42.4 Å². The summed E-state index contributed by atoms with van der Waals surface area (Å²) in [6.45, 7) is 8.60. The maximum absolute atomic E-state index is 11.8. The molecule has 1 aliphatic rings. The van der Waals surface area contributed by atoms with Crippen molar-refractivity contribution in [3.05, 3.63) is 99.1 Å². The summed E-state index contributed by atoms with van der Waals surface area (Å²) in [5.41, 5.74) is 10.6. The Morgan fingerprint density at radius 1 is 1.00 bits per heavy atom. The quantitative estimate of drug-likeness (QED) is 0.312. The van der Waals surface area contributed by atoms with Gasteiger partial charge in [-0.3, -0.25) is 14.1 Å². The second-order valence-corrected chi connectivity index (χ2v) is 9.92. The second kappa shape index (κ2) is 9.07. The highest BCUT2D eigenvalue weighted by Gasteiger charge is 2.29. The van der Waals surface area contributed by atoms with E-state index in [1.165, 1.54) is 27.9 Å². The number of fused-ring (bicyclic) bond motifs is 3. The number of benzene rings is 3. The number of nitrogens with one attached hydrogen (secondary N) is 1. The van der Waals surface area contributed by atoms with E-state index in [0.29, 0.717) is 5.82 Å². The van der Waals surface area contributed by atoms with E-state index < -0.39 is 5.76 Å². The fourth-order valence-corrected chi connectivity index (χ4v) is 5.77. The minimum Gasteiger partial charge on any atom is -0.330 e. The molecule has 0 spiro atoms. The predicted molar refractivity (Wildman–Crippen MR) is 146 cm³/mol. The monoisotopic (exact) mass is 493 g/mol. The van der Waals surface area contributed by atoms with Gasteiger partial charge in [0, 0.05) is 17.8 Å². The van der Waals surface area contributed by atoms with Gasteiger partial charge in [0.25, 0.3) is 0 Å². The zero-order chi connectivity index (χ0) is 25.7. The number of hydrogen-bond donors (Lipinski definition) is 1. The number of aromatic nitrogens is 4. The normalized spacial score (nSPS) is 13.9. The SMILES string of the molecule is CCCc1nc2c(C)cccc2n1-c1ccc2c(c1C)CCc1ccccc1N2C(C)c1noc(=O)[nH]1. The molecule has 7 heteroatoms. The number of rotatable bonds is 5. The summed E-state index contributed by atoms with van der Waals surface area (Å²) in [5.74, 6) is 1.07. The van der Waals surface area contributed by atoms with Crippen molar-refractivity contribution in [3.63, 3.8) is 0 Å². The Hall–Kier alpha value is -4.13. The zero-order valence-electron chi connectivity index (χ0n) is 21.7. The molecule has 3 heterocycles. The molecule has 7 nitrogen and oxygen atoms in total. The third-order valence-corrected chi connectivity index (χ3v) is 7.61. The number of hydrogen-bond acceptors (Lipinski definition) is 5. The van der Waals surface area contributed by atoms with Crippen LogP contribution in [0.4, 0.5) is 11.4 Å². The largest absolute Gasteiger partial charge is 0.438 e. The van der Waals surface area contributed by atoms with Crippen LogP contribution in [0.3, 0.4) is 0 Å². The van der Waals surface area contributed by atoms with Gasteiger partial charge >= 0.3 is 5.76 Å². The van der Waals surface area contributed by atoms with Crippen LogP contribution in [0.5, 0.6) is 0 Å². The molecule has 37 heavy (non-hydrogen) atoms. The molecule has 6 rings (SSSR count). The molecule has 3 aromatic carbocycles. The maximum Gasteiger partial charge on any atom is 0.438 e. The van der Waals surface area contributed by atoms with E-state index in [9.17, 15) is 4.79 Å². The van der Waals surface area contributed by atoms with E-state index in [4.69, 9.17) is 9.51 Å². The Labute approximate surface area is 215 Å². The molecule has 0 fully saturated rings. The highest BCUT2D eigenvalue weighted by Crippen LogP contribution is 2.43. The fourth-order valence-electron chi connectivity index (χ4n) is 5.77. The van der Waals surface area contributed by atoms with E-state index in [0.717, 1.165) is 53.9 Å². The van der Waals surface area contributed by atoms with Gasteiger partial charge in [-0.15, -0.1) is 0 Å². The molecule has 1 unspecified atom stereocenters. The van der Waals surface area contributed by atoms with Crippen molar-refractivity contribution in [2.24, 2.45) is 0 Å². The summed E-state index contributed by atoms with van der Waals surface area (Å²) in [7, 11) is 0. The average Bonchev–Trinajstić information content (AvgIpc) is 3.44. The molecular weight excluding hydrogens is 462 g/mol. The third kappa shape index (κ3) is 3.77. The molecule has 1 N–H and O–H groups in total. The molecule has 1 atom stereocenters. The van der Waals surface area contributed by atoms with Crippen molar-refractivity contribution in [1.82, 2.24) is 19.7 Å². The lowest BCUT2D eigenvalue weighted by atomic mass is 9.98. The standard InChI is InChI=1S/C30H31N5O2/c1-5-9-27-31-28-18(2)10-8-13-26(28)35(27)23-16-17-25-22(19(23)3)15-14-21-11-6-7-12-24(21)34(25)20(4)29-32-30(36)37-33-29/h6-8,10-13,16-17,20H,5,9,14-15H2,1-4H3,(H,32,33,36). The number of aromatic amines is 1. The van der Waals surface area contributed by atoms with Gasteiger partial charge in [0.1, 0.15) is 5.82 Å². The van der Waals surface area contributed by atoms with Crippen LogP contribution >= 0.6 is 0 Å². The smallest absolute Gasteiger partial charge is 0.330 e. The number of para-hydroxylation sites is 2. The minimum atomic E-state index is -0.539. The lowest BCUT2D eigenvalue weighted by molar-refractivity contribution is 0.378. The number of anilines is 2. The lowest BCUT2D eigenvalue weighted by Gasteiger charge is -2.32. The average molecular weight is 494 g/mol. The van der Waals surface area contributed by atoms with E-state index in [2.05, 4.69) is 102 Å². The van der Waals surface area contributed by atoms with Crippen LogP contribution in [-0.4, -0.2) is 19.7 Å². The van der Waals surface area contributed by atoms with E-state index in [-0.39, 0.29) is 6.04 Å². The zero-order valence-corrected chi connectivity index (χ0v) is 21.7. The van der Waals surface area contributed by atoms with Crippen LogP contribution in [0, 0.1) is 13.8 Å². The first kappa shape index (κ1) is 23.3.